The first kappa shape index (κ1) is 33.3. The third-order valence-electron chi connectivity index (χ3n) is 7.46. The van der Waals surface area contributed by atoms with Crippen molar-refractivity contribution < 1.29 is 18.3 Å². The summed E-state index contributed by atoms with van der Waals surface area (Å²) in [6.45, 7) is 8.16. The van der Waals surface area contributed by atoms with E-state index in [1.54, 1.807) is 42.5 Å². The van der Waals surface area contributed by atoms with E-state index in [-0.39, 0.29) is 17.1 Å². The molecule has 1 saturated heterocycles. The molecule has 1 aliphatic heterocycles. The summed E-state index contributed by atoms with van der Waals surface area (Å²) >= 11 is 0. The van der Waals surface area contributed by atoms with E-state index < -0.39 is 15.6 Å². The number of anilines is 2. The molecule has 12 heteroatoms. The highest BCUT2D eigenvalue weighted by Crippen LogP contribution is 2.38. The zero-order valence-electron chi connectivity index (χ0n) is 25.4. The number of nitrogens with one attached hydrogen (secondary N) is 2. The third kappa shape index (κ3) is 7.81. The monoisotopic (exact) mass is 607 g/mol. The number of phenols is 1. The molecule has 0 radical (unpaired) electrons. The Hall–Kier alpha value is -4.18. The first-order valence-corrected chi connectivity index (χ1v) is 15.7. The van der Waals surface area contributed by atoms with E-state index in [4.69, 9.17) is 5.10 Å². The highest BCUT2D eigenvalue weighted by atomic mass is 32.2. The number of nitrogens with zero attached hydrogens (tertiary/aromatic N) is 5. The summed E-state index contributed by atoms with van der Waals surface area (Å²) in [4.78, 5) is 13.4. The molecule has 0 spiro atoms. The molecule has 1 amide bonds. The lowest BCUT2D eigenvalue weighted by Crippen LogP contribution is -2.46. The van der Waals surface area contributed by atoms with Gasteiger partial charge in [0.15, 0.2) is 5.82 Å². The molecular formula is C31H41N7O4S. The van der Waals surface area contributed by atoms with Gasteiger partial charge in [-0.3, -0.25) is 14.4 Å². The van der Waals surface area contributed by atoms with E-state index in [1.165, 1.54) is 20.3 Å². The van der Waals surface area contributed by atoms with Crippen molar-refractivity contribution >= 4 is 34.0 Å². The Morgan fingerprint density at radius 1 is 1.09 bits per heavy atom. The van der Waals surface area contributed by atoms with Gasteiger partial charge in [-0.05, 0) is 67.8 Å². The highest BCUT2D eigenvalue weighted by Gasteiger charge is 2.39. The lowest BCUT2D eigenvalue weighted by atomic mass is 9.84. The lowest BCUT2D eigenvalue weighted by molar-refractivity contribution is -0.108. The number of carbonyl (C=O) groups excluding carboxylic acids is 1. The Morgan fingerprint density at radius 2 is 1.72 bits per heavy atom. The van der Waals surface area contributed by atoms with Gasteiger partial charge >= 0.3 is 0 Å². The fourth-order valence-corrected chi connectivity index (χ4v) is 5.91. The summed E-state index contributed by atoms with van der Waals surface area (Å²) in [5, 5.41) is 30.2. The second-order valence-electron chi connectivity index (χ2n) is 10.3. The molecule has 1 aromatic heterocycles. The predicted octanol–water partition coefficient (Wildman–Crippen LogP) is 4.54. The summed E-state index contributed by atoms with van der Waals surface area (Å²) in [6, 6.07) is 16.0. The van der Waals surface area contributed by atoms with Crippen LogP contribution in [0.3, 0.4) is 0 Å². The van der Waals surface area contributed by atoms with Crippen LogP contribution in [0, 0.1) is 18.3 Å². The largest absolute Gasteiger partial charge is 0.508 e. The van der Waals surface area contributed by atoms with Gasteiger partial charge in [0.1, 0.15) is 5.75 Å². The van der Waals surface area contributed by atoms with Crippen LogP contribution >= 0.6 is 0 Å². The summed E-state index contributed by atoms with van der Waals surface area (Å²) in [5.41, 5.74) is 2.79. The first-order valence-electron chi connectivity index (χ1n) is 14.2. The standard InChI is InChI=1S/C29H35N7O4S.C2H6/c1-22-27(12-17-31-21-37)36(33-28(22)32-24-6-10-26(11-7-24)41(39,40)34(2)3)29(13-16-30)14-18-35(19-15-29)20-23-4-8-25(38)9-5-23;1-2/h4-12,17,21,38H,13-15,18-20H2,1-3H3,(H,31,37)(H,32,33);1-2H3/b17-12-;. The van der Waals surface area contributed by atoms with Crippen LogP contribution in [0.1, 0.15) is 49.9 Å². The molecule has 1 aliphatic rings. The zero-order chi connectivity index (χ0) is 31.6. The maximum absolute atomic E-state index is 12.5. The molecule has 0 unspecified atom stereocenters. The first-order chi connectivity index (χ1) is 20.6. The molecular weight excluding hydrogens is 566 g/mol. The van der Waals surface area contributed by atoms with E-state index in [0.29, 0.717) is 30.8 Å². The van der Waals surface area contributed by atoms with Crippen molar-refractivity contribution in [3.8, 4) is 11.8 Å². The van der Waals surface area contributed by atoms with Gasteiger partial charge in [-0.25, -0.2) is 12.7 Å². The number of carbonyl (C=O) groups is 1. The fourth-order valence-electron chi connectivity index (χ4n) is 5.01. The number of rotatable bonds is 11. The average molecular weight is 608 g/mol. The number of aromatic hydroxyl groups is 1. The summed E-state index contributed by atoms with van der Waals surface area (Å²) in [6.07, 6.45) is 5.55. The van der Waals surface area contributed by atoms with Crippen molar-refractivity contribution in [2.45, 2.75) is 57.0 Å². The van der Waals surface area contributed by atoms with Gasteiger partial charge in [0, 0.05) is 51.2 Å². The number of piperidine rings is 1. The molecule has 2 aromatic carbocycles. The van der Waals surface area contributed by atoms with Crippen molar-refractivity contribution in [3.63, 3.8) is 0 Å². The van der Waals surface area contributed by atoms with Gasteiger partial charge in [0.2, 0.25) is 16.4 Å². The molecule has 230 valence electrons. The van der Waals surface area contributed by atoms with E-state index in [2.05, 4.69) is 21.6 Å². The van der Waals surface area contributed by atoms with Crippen molar-refractivity contribution in [1.29, 1.82) is 5.26 Å². The molecule has 0 bridgehead atoms. The molecule has 43 heavy (non-hydrogen) atoms. The number of aromatic nitrogens is 2. The van der Waals surface area contributed by atoms with Gasteiger partial charge in [0.25, 0.3) is 0 Å². The van der Waals surface area contributed by atoms with Gasteiger partial charge in [-0.1, -0.05) is 26.0 Å². The van der Waals surface area contributed by atoms with Crippen LogP contribution in [0.2, 0.25) is 0 Å². The van der Waals surface area contributed by atoms with Crippen molar-refractivity contribution in [2.24, 2.45) is 0 Å². The van der Waals surface area contributed by atoms with Crippen LogP contribution in [0.4, 0.5) is 11.5 Å². The summed E-state index contributed by atoms with van der Waals surface area (Å²) in [7, 11) is -0.576. The van der Waals surface area contributed by atoms with Gasteiger partial charge in [0.05, 0.1) is 28.6 Å². The number of likely N-dealkylation sites (tertiary alicyclic amines) is 1. The average Bonchev–Trinajstić information content (AvgIpc) is 3.32. The maximum Gasteiger partial charge on any atom is 0.242 e. The second kappa shape index (κ2) is 14.8. The number of phenolic OH excluding ortho intramolecular Hbond substituents is 1. The SMILES string of the molecule is CC.Cc1c(Nc2ccc(S(=O)(=O)N(C)C)cc2)nn(C2(CC#N)CCN(Cc3ccc(O)cc3)CC2)c1/C=C\NC=O. The van der Waals surface area contributed by atoms with Gasteiger partial charge in [-0.15, -0.1) is 0 Å². The molecule has 3 aromatic rings. The quantitative estimate of drug-likeness (QED) is 0.270. The van der Waals surface area contributed by atoms with Crippen LogP contribution < -0.4 is 10.6 Å². The van der Waals surface area contributed by atoms with E-state index >= 15 is 0 Å². The molecule has 0 aliphatic carbocycles. The van der Waals surface area contributed by atoms with Crippen LogP contribution in [0.15, 0.2) is 59.6 Å². The third-order valence-corrected chi connectivity index (χ3v) is 9.28. The van der Waals surface area contributed by atoms with E-state index in [0.717, 1.165) is 40.8 Å². The minimum atomic E-state index is -3.55. The van der Waals surface area contributed by atoms with Gasteiger partial charge in [-0.2, -0.15) is 10.4 Å². The number of hydrogen-bond acceptors (Lipinski definition) is 8. The summed E-state index contributed by atoms with van der Waals surface area (Å²) in [5.74, 6) is 0.806. The maximum atomic E-state index is 12.5. The normalized spacial score (nSPS) is 15.0. The molecule has 11 nitrogen and oxygen atoms in total. The Bertz CT molecular complexity index is 1530. The van der Waals surface area contributed by atoms with Crippen LogP contribution in [0.25, 0.3) is 6.08 Å². The van der Waals surface area contributed by atoms with E-state index in [9.17, 15) is 23.6 Å². The Kier molecular flexibility index (Phi) is 11.5. The van der Waals surface area contributed by atoms with Crippen LogP contribution in [-0.4, -0.2) is 66.1 Å². The summed E-state index contributed by atoms with van der Waals surface area (Å²) < 4.78 is 28.0. The molecule has 2 heterocycles. The number of hydrogen-bond donors (Lipinski definition) is 3. The molecule has 3 N–H and O–H groups in total. The highest BCUT2D eigenvalue weighted by molar-refractivity contribution is 7.89. The van der Waals surface area contributed by atoms with Crippen molar-refractivity contribution in [1.82, 2.24) is 24.3 Å². The molecule has 1 fully saturated rings. The smallest absolute Gasteiger partial charge is 0.242 e. The molecule has 4 rings (SSSR count). The Balaban J connectivity index is 0.00000248. The Morgan fingerprint density at radius 3 is 2.28 bits per heavy atom. The van der Waals surface area contributed by atoms with Crippen LogP contribution in [-0.2, 0) is 26.9 Å². The van der Waals surface area contributed by atoms with Gasteiger partial charge < -0.3 is 15.7 Å². The topological polar surface area (TPSA) is 144 Å². The minimum Gasteiger partial charge on any atom is -0.508 e. The second-order valence-corrected chi connectivity index (χ2v) is 12.5. The molecule has 0 atom stereocenters. The zero-order valence-corrected chi connectivity index (χ0v) is 26.2. The predicted molar refractivity (Wildman–Crippen MR) is 168 cm³/mol. The molecule has 0 saturated carbocycles. The van der Waals surface area contributed by atoms with Crippen LogP contribution in [0.5, 0.6) is 5.75 Å². The number of sulfonamides is 1. The number of amides is 1. The fraction of sp³-hybridized carbons (Fsp3) is 0.387. The minimum absolute atomic E-state index is 0.186. The van der Waals surface area contributed by atoms with E-state index in [1.807, 2.05) is 37.6 Å². The Labute approximate surface area is 254 Å². The number of nitriles is 1. The lowest BCUT2D eigenvalue weighted by Gasteiger charge is -2.41. The van der Waals surface area contributed by atoms with Crippen molar-refractivity contribution in [3.05, 3.63) is 71.6 Å². The number of benzene rings is 2. The van der Waals surface area contributed by atoms with Crippen molar-refractivity contribution in [2.75, 3.05) is 32.5 Å².